The maximum absolute atomic E-state index is 11.4. The second-order valence-corrected chi connectivity index (χ2v) is 7.95. The molecule has 0 radical (unpaired) electrons. The van der Waals surface area contributed by atoms with Crippen molar-refractivity contribution >= 4 is 33.0 Å². The summed E-state index contributed by atoms with van der Waals surface area (Å²) in [6, 6.07) is 7.71. The van der Waals surface area contributed by atoms with E-state index in [0.717, 1.165) is 17.9 Å². The lowest BCUT2D eigenvalue weighted by molar-refractivity contribution is 0.523. The van der Waals surface area contributed by atoms with Gasteiger partial charge in [0.1, 0.15) is 9.84 Å². The fraction of sp³-hybridized carbons (Fsp3) is 0.571. The van der Waals surface area contributed by atoms with Crippen molar-refractivity contribution in [3.8, 4) is 0 Å². The van der Waals surface area contributed by atoms with Gasteiger partial charge in [-0.2, -0.15) is 0 Å². The van der Waals surface area contributed by atoms with Crippen molar-refractivity contribution in [1.29, 1.82) is 0 Å². The van der Waals surface area contributed by atoms with Crippen molar-refractivity contribution in [1.82, 2.24) is 0 Å². The first-order valence-corrected chi connectivity index (χ1v) is 9.21. The number of alkyl halides is 1. The summed E-state index contributed by atoms with van der Waals surface area (Å²) >= 11 is 11.8. The van der Waals surface area contributed by atoms with Gasteiger partial charge in [-0.15, -0.1) is 11.6 Å². The molecule has 108 valence electrons. The fourth-order valence-electron chi connectivity index (χ4n) is 1.92. The lowest BCUT2D eigenvalue weighted by atomic mass is 9.97. The second kappa shape index (κ2) is 8.13. The van der Waals surface area contributed by atoms with Crippen LogP contribution >= 0.6 is 23.2 Å². The molecule has 0 spiro atoms. The minimum absolute atomic E-state index is 0.218. The Morgan fingerprint density at radius 3 is 2.37 bits per heavy atom. The molecule has 1 rings (SSSR count). The second-order valence-electron chi connectivity index (χ2n) is 4.73. The third-order valence-corrected chi connectivity index (χ3v) is 5.64. The lowest BCUT2D eigenvalue weighted by Crippen LogP contribution is -2.12. The summed E-state index contributed by atoms with van der Waals surface area (Å²) in [5, 5.41) is 0.722. The van der Waals surface area contributed by atoms with Crippen molar-refractivity contribution < 1.29 is 8.42 Å². The Morgan fingerprint density at radius 2 is 1.84 bits per heavy atom. The number of halogens is 2. The van der Waals surface area contributed by atoms with Crippen LogP contribution in [0.4, 0.5) is 0 Å². The maximum Gasteiger partial charge on any atom is 0.150 e. The van der Waals surface area contributed by atoms with E-state index in [2.05, 4.69) is 0 Å². The van der Waals surface area contributed by atoms with Crippen LogP contribution in [0.5, 0.6) is 0 Å². The molecule has 0 aliphatic rings. The zero-order valence-corrected chi connectivity index (χ0v) is 13.4. The molecule has 1 atom stereocenters. The number of benzene rings is 1. The predicted octanol–water partition coefficient (Wildman–Crippen LogP) is 3.95. The quantitative estimate of drug-likeness (QED) is 0.679. The van der Waals surface area contributed by atoms with Crippen LogP contribution in [-0.4, -0.2) is 25.8 Å². The summed E-state index contributed by atoms with van der Waals surface area (Å²) in [5.74, 6) is 1.34. The molecule has 0 aliphatic heterocycles. The van der Waals surface area contributed by atoms with E-state index < -0.39 is 9.84 Å². The summed E-state index contributed by atoms with van der Waals surface area (Å²) in [6.07, 6.45) is 2.39. The molecule has 1 aromatic carbocycles. The van der Waals surface area contributed by atoms with E-state index in [4.69, 9.17) is 23.2 Å². The highest BCUT2D eigenvalue weighted by molar-refractivity contribution is 7.91. The Morgan fingerprint density at radius 1 is 1.21 bits per heavy atom. The van der Waals surface area contributed by atoms with Gasteiger partial charge in [-0.25, -0.2) is 8.42 Å². The summed E-state index contributed by atoms with van der Waals surface area (Å²) < 4.78 is 22.8. The number of sulfone groups is 1. The minimum Gasteiger partial charge on any atom is -0.229 e. The maximum atomic E-state index is 11.4. The summed E-state index contributed by atoms with van der Waals surface area (Å²) in [6.45, 7) is 1.68. The van der Waals surface area contributed by atoms with Gasteiger partial charge >= 0.3 is 0 Å². The molecular weight excluding hydrogens is 303 g/mol. The van der Waals surface area contributed by atoms with Crippen LogP contribution in [0.1, 0.15) is 25.3 Å². The molecule has 0 saturated carbocycles. The molecule has 0 fully saturated rings. The molecule has 1 unspecified atom stereocenters. The van der Waals surface area contributed by atoms with Gasteiger partial charge in [-0.1, -0.05) is 30.7 Å². The first-order valence-electron chi connectivity index (χ1n) is 6.47. The highest BCUT2D eigenvalue weighted by Crippen LogP contribution is 2.18. The Labute approximate surface area is 126 Å². The van der Waals surface area contributed by atoms with Crippen LogP contribution < -0.4 is 0 Å². The molecule has 0 saturated heterocycles. The van der Waals surface area contributed by atoms with Crippen LogP contribution in [-0.2, 0) is 16.3 Å². The van der Waals surface area contributed by atoms with Gasteiger partial charge in [0.15, 0.2) is 0 Å². The molecule has 0 aliphatic carbocycles. The zero-order valence-electron chi connectivity index (χ0n) is 11.1. The molecule has 19 heavy (non-hydrogen) atoms. The average molecular weight is 323 g/mol. The molecular formula is C14H20Cl2O2S. The van der Waals surface area contributed by atoms with Crippen molar-refractivity contribution in [3.05, 3.63) is 34.9 Å². The molecule has 2 nitrogen and oxygen atoms in total. The van der Waals surface area contributed by atoms with E-state index in [1.165, 1.54) is 5.56 Å². The van der Waals surface area contributed by atoms with Crippen molar-refractivity contribution in [3.63, 3.8) is 0 Å². The van der Waals surface area contributed by atoms with Crippen LogP contribution in [0, 0.1) is 5.92 Å². The van der Waals surface area contributed by atoms with Gasteiger partial charge in [0.05, 0.1) is 5.75 Å². The van der Waals surface area contributed by atoms with E-state index in [1.807, 2.05) is 24.3 Å². The number of hydrogen-bond donors (Lipinski definition) is 0. The summed E-state index contributed by atoms with van der Waals surface area (Å²) in [5.41, 5.74) is 1.19. The topological polar surface area (TPSA) is 34.1 Å². The monoisotopic (exact) mass is 322 g/mol. The van der Waals surface area contributed by atoms with E-state index in [9.17, 15) is 8.42 Å². The van der Waals surface area contributed by atoms with Gasteiger partial charge in [-0.3, -0.25) is 0 Å². The molecule has 5 heteroatoms. The predicted molar refractivity (Wildman–Crippen MR) is 82.9 cm³/mol. The first kappa shape index (κ1) is 16.8. The largest absolute Gasteiger partial charge is 0.229 e. The molecule has 0 N–H and O–H groups in total. The molecule has 0 bridgehead atoms. The van der Waals surface area contributed by atoms with Crippen molar-refractivity contribution in [2.45, 2.75) is 26.2 Å². The van der Waals surface area contributed by atoms with Gasteiger partial charge in [0.25, 0.3) is 0 Å². The van der Waals surface area contributed by atoms with Gasteiger partial charge in [0, 0.05) is 16.7 Å². The number of hydrogen-bond acceptors (Lipinski definition) is 2. The Balaban J connectivity index is 2.44. The lowest BCUT2D eigenvalue weighted by Gasteiger charge is -2.13. The van der Waals surface area contributed by atoms with Gasteiger partial charge in [0.2, 0.25) is 0 Å². The van der Waals surface area contributed by atoms with Crippen molar-refractivity contribution in [2.75, 3.05) is 17.4 Å². The fourth-order valence-corrected chi connectivity index (χ4v) is 3.21. The van der Waals surface area contributed by atoms with E-state index >= 15 is 0 Å². The van der Waals surface area contributed by atoms with Crippen LogP contribution in [0.3, 0.4) is 0 Å². The van der Waals surface area contributed by atoms with Crippen molar-refractivity contribution in [2.24, 2.45) is 5.92 Å². The zero-order chi connectivity index (χ0) is 14.3. The van der Waals surface area contributed by atoms with E-state index in [-0.39, 0.29) is 11.5 Å². The molecule has 0 amide bonds. The van der Waals surface area contributed by atoms with Crippen LogP contribution in [0.25, 0.3) is 0 Å². The minimum atomic E-state index is -2.86. The van der Waals surface area contributed by atoms with Gasteiger partial charge in [-0.05, 0) is 42.9 Å². The molecule has 0 heterocycles. The van der Waals surface area contributed by atoms with Gasteiger partial charge < -0.3 is 0 Å². The Bertz CT molecular complexity index is 469. The third kappa shape index (κ3) is 6.64. The first-order chi connectivity index (χ1) is 8.96. The molecule has 0 aromatic heterocycles. The standard InChI is InChI=1S/C14H20Cl2O2S/c1-2-19(17,18)9-3-4-13(11-15)10-12-5-7-14(16)8-6-12/h5-8,13H,2-4,9-11H2,1H3. The Hall–Kier alpha value is -0.250. The SMILES string of the molecule is CCS(=O)(=O)CCCC(CCl)Cc1ccc(Cl)cc1. The van der Waals surface area contributed by atoms with E-state index in [0.29, 0.717) is 18.2 Å². The highest BCUT2D eigenvalue weighted by atomic mass is 35.5. The summed E-state index contributed by atoms with van der Waals surface area (Å²) in [7, 11) is -2.86. The Kier molecular flexibility index (Phi) is 7.19. The number of rotatable bonds is 8. The average Bonchev–Trinajstić information content (AvgIpc) is 2.40. The smallest absolute Gasteiger partial charge is 0.150 e. The normalized spacial score (nSPS) is 13.4. The molecule has 1 aromatic rings. The van der Waals surface area contributed by atoms with E-state index in [1.54, 1.807) is 6.92 Å². The van der Waals surface area contributed by atoms with Crippen LogP contribution in [0.15, 0.2) is 24.3 Å². The summed E-state index contributed by atoms with van der Waals surface area (Å²) in [4.78, 5) is 0. The highest BCUT2D eigenvalue weighted by Gasteiger charge is 2.12. The van der Waals surface area contributed by atoms with Crippen LogP contribution in [0.2, 0.25) is 5.02 Å². The third-order valence-electron chi connectivity index (χ3n) is 3.16.